The second-order valence-corrected chi connectivity index (χ2v) is 8.13. The van der Waals surface area contributed by atoms with Crippen LogP contribution >= 0.6 is 23.1 Å². The van der Waals surface area contributed by atoms with E-state index in [4.69, 9.17) is 0 Å². The Balaban J connectivity index is 1.60. The average Bonchev–Trinajstić information content (AvgIpc) is 3.33. The third kappa shape index (κ3) is 5.42. The van der Waals surface area contributed by atoms with Gasteiger partial charge in [0.15, 0.2) is 10.3 Å². The summed E-state index contributed by atoms with van der Waals surface area (Å²) in [6, 6.07) is 5.80. The molecular formula is C19H22N6O2S2. The number of aromatic nitrogens is 4. The van der Waals surface area contributed by atoms with Crippen molar-refractivity contribution in [2.75, 3.05) is 16.4 Å². The van der Waals surface area contributed by atoms with Crippen molar-refractivity contribution in [2.24, 2.45) is 0 Å². The Morgan fingerprint density at radius 2 is 2.00 bits per heavy atom. The van der Waals surface area contributed by atoms with Crippen molar-refractivity contribution in [1.82, 2.24) is 19.7 Å². The van der Waals surface area contributed by atoms with Crippen molar-refractivity contribution in [3.05, 3.63) is 46.7 Å². The van der Waals surface area contributed by atoms with Gasteiger partial charge in [-0.3, -0.25) is 9.59 Å². The summed E-state index contributed by atoms with van der Waals surface area (Å²) < 4.78 is 1.85. The molecule has 2 aromatic heterocycles. The van der Waals surface area contributed by atoms with Crippen LogP contribution in [-0.2, 0) is 22.6 Å². The Hall–Kier alpha value is -2.72. The van der Waals surface area contributed by atoms with E-state index in [-0.39, 0.29) is 24.0 Å². The molecule has 0 aliphatic rings. The van der Waals surface area contributed by atoms with Crippen LogP contribution in [0.1, 0.15) is 23.9 Å². The molecule has 152 valence electrons. The Bertz CT molecular complexity index is 1000. The summed E-state index contributed by atoms with van der Waals surface area (Å²) >= 11 is 2.64. The fraction of sp³-hybridized carbons (Fsp3) is 0.316. The summed E-state index contributed by atoms with van der Waals surface area (Å²) in [5.74, 6) is 0.439. The van der Waals surface area contributed by atoms with Crippen molar-refractivity contribution in [3.63, 3.8) is 0 Å². The molecule has 2 amide bonds. The van der Waals surface area contributed by atoms with E-state index in [2.05, 4.69) is 25.8 Å². The Morgan fingerprint density at radius 1 is 1.17 bits per heavy atom. The highest BCUT2D eigenvalue weighted by Gasteiger charge is 2.17. The highest BCUT2D eigenvalue weighted by molar-refractivity contribution is 7.99. The van der Waals surface area contributed by atoms with Crippen LogP contribution in [0.5, 0.6) is 0 Å². The lowest BCUT2D eigenvalue weighted by Gasteiger charge is -2.11. The van der Waals surface area contributed by atoms with Crippen molar-refractivity contribution in [2.45, 2.75) is 38.9 Å². The molecule has 8 nitrogen and oxygen atoms in total. The van der Waals surface area contributed by atoms with Crippen LogP contribution in [0.15, 0.2) is 34.9 Å². The van der Waals surface area contributed by atoms with E-state index in [9.17, 15) is 9.59 Å². The SMILES string of the molecule is CCn1c(CC(=O)Nc2cccc(C)c2C)nnc1SCC(=O)Nc1nccs1. The van der Waals surface area contributed by atoms with E-state index >= 15 is 0 Å². The largest absolute Gasteiger partial charge is 0.325 e. The molecule has 0 unspecified atom stereocenters. The Kier molecular flexibility index (Phi) is 6.99. The topological polar surface area (TPSA) is 102 Å². The Morgan fingerprint density at radius 3 is 2.72 bits per heavy atom. The summed E-state index contributed by atoms with van der Waals surface area (Å²) in [6.07, 6.45) is 1.75. The predicted molar refractivity (Wildman–Crippen MR) is 115 cm³/mol. The molecule has 10 heteroatoms. The maximum absolute atomic E-state index is 12.5. The number of thiazole rings is 1. The number of hydrogen-bond donors (Lipinski definition) is 2. The third-order valence-electron chi connectivity index (χ3n) is 4.32. The standard InChI is InChI=1S/C19H22N6O2S2/c1-4-25-15(10-16(26)21-14-7-5-6-12(2)13(14)3)23-24-19(25)29-11-17(27)22-18-20-8-9-28-18/h5-9H,4,10-11H2,1-3H3,(H,21,26)(H,20,22,27). The first-order valence-corrected chi connectivity index (χ1v) is 10.9. The van der Waals surface area contributed by atoms with Gasteiger partial charge in [-0.1, -0.05) is 23.9 Å². The van der Waals surface area contributed by atoms with Gasteiger partial charge in [0, 0.05) is 23.8 Å². The molecule has 3 aromatic rings. The predicted octanol–water partition coefficient (Wildman–Crippen LogP) is 3.28. The number of nitrogens with zero attached hydrogens (tertiary/aromatic N) is 4. The van der Waals surface area contributed by atoms with Gasteiger partial charge in [-0.2, -0.15) is 0 Å². The number of rotatable bonds is 8. The van der Waals surface area contributed by atoms with Crippen LogP contribution in [0.4, 0.5) is 10.8 Å². The zero-order chi connectivity index (χ0) is 20.8. The van der Waals surface area contributed by atoms with E-state index in [1.165, 1.54) is 23.1 Å². The van der Waals surface area contributed by atoms with Gasteiger partial charge in [-0.05, 0) is 38.0 Å². The summed E-state index contributed by atoms with van der Waals surface area (Å²) in [7, 11) is 0. The van der Waals surface area contributed by atoms with E-state index in [1.54, 1.807) is 11.6 Å². The number of amides is 2. The zero-order valence-corrected chi connectivity index (χ0v) is 18.1. The maximum atomic E-state index is 12.5. The summed E-state index contributed by atoms with van der Waals surface area (Å²) in [5.41, 5.74) is 2.96. The third-order valence-corrected chi connectivity index (χ3v) is 5.97. The number of carbonyl (C=O) groups is 2. The minimum absolute atomic E-state index is 0.111. The van der Waals surface area contributed by atoms with Crippen LogP contribution in [0, 0.1) is 13.8 Å². The van der Waals surface area contributed by atoms with Crippen molar-refractivity contribution >= 4 is 45.7 Å². The van der Waals surface area contributed by atoms with Crippen LogP contribution < -0.4 is 10.6 Å². The molecule has 1 aromatic carbocycles. The normalized spacial score (nSPS) is 10.7. The molecule has 3 rings (SSSR count). The van der Waals surface area contributed by atoms with Crippen molar-refractivity contribution in [1.29, 1.82) is 0 Å². The Labute approximate surface area is 177 Å². The molecule has 0 aliphatic carbocycles. The molecule has 0 fully saturated rings. The van der Waals surface area contributed by atoms with E-state index < -0.39 is 0 Å². The molecule has 0 bridgehead atoms. The van der Waals surface area contributed by atoms with Crippen molar-refractivity contribution in [3.8, 4) is 0 Å². The smallest absolute Gasteiger partial charge is 0.236 e. The van der Waals surface area contributed by atoms with Gasteiger partial charge in [-0.15, -0.1) is 21.5 Å². The zero-order valence-electron chi connectivity index (χ0n) is 16.4. The average molecular weight is 431 g/mol. The molecule has 0 aliphatic heterocycles. The highest BCUT2D eigenvalue weighted by Crippen LogP contribution is 2.20. The van der Waals surface area contributed by atoms with Crippen LogP contribution in [0.3, 0.4) is 0 Å². The summed E-state index contributed by atoms with van der Waals surface area (Å²) in [6.45, 7) is 6.54. The number of anilines is 2. The molecule has 0 radical (unpaired) electrons. The van der Waals surface area contributed by atoms with Gasteiger partial charge < -0.3 is 15.2 Å². The molecular weight excluding hydrogens is 408 g/mol. The maximum Gasteiger partial charge on any atom is 0.236 e. The molecule has 2 N–H and O–H groups in total. The second-order valence-electron chi connectivity index (χ2n) is 6.29. The molecule has 29 heavy (non-hydrogen) atoms. The van der Waals surface area contributed by atoms with E-state index in [1.807, 2.05) is 43.5 Å². The number of carbonyl (C=O) groups excluding carboxylic acids is 2. The van der Waals surface area contributed by atoms with Gasteiger partial charge in [0.05, 0.1) is 12.2 Å². The number of aryl methyl sites for hydroxylation is 1. The van der Waals surface area contributed by atoms with Gasteiger partial charge in [0.25, 0.3) is 0 Å². The summed E-state index contributed by atoms with van der Waals surface area (Å²) in [4.78, 5) is 28.6. The van der Waals surface area contributed by atoms with Crippen molar-refractivity contribution < 1.29 is 9.59 Å². The van der Waals surface area contributed by atoms with Crippen LogP contribution in [0.25, 0.3) is 0 Å². The molecule has 0 saturated carbocycles. The minimum Gasteiger partial charge on any atom is -0.325 e. The lowest BCUT2D eigenvalue weighted by atomic mass is 10.1. The number of nitrogens with one attached hydrogen (secondary N) is 2. The molecule has 0 spiro atoms. The van der Waals surface area contributed by atoms with E-state index in [0.29, 0.717) is 22.7 Å². The lowest BCUT2D eigenvalue weighted by molar-refractivity contribution is -0.116. The fourth-order valence-electron chi connectivity index (χ4n) is 2.67. The van der Waals surface area contributed by atoms with Crippen LogP contribution in [0.2, 0.25) is 0 Å². The number of benzene rings is 1. The minimum atomic E-state index is -0.162. The first kappa shape index (κ1) is 21.0. The van der Waals surface area contributed by atoms with E-state index in [0.717, 1.165) is 16.8 Å². The van der Waals surface area contributed by atoms with Gasteiger partial charge >= 0.3 is 0 Å². The van der Waals surface area contributed by atoms with Gasteiger partial charge in [0.2, 0.25) is 11.8 Å². The molecule has 0 atom stereocenters. The number of hydrogen-bond acceptors (Lipinski definition) is 7. The first-order chi connectivity index (χ1) is 14.0. The quantitative estimate of drug-likeness (QED) is 0.532. The number of thioether (sulfide) groups is 1. The first-order valence-electron chi connectivity index (χ1n) is 9.08. The summed E-state index contributed by atoms with van der Waals surface area (Å²) in [5, 5.41) is 16.9. The van der Waals surface area contributed by atoms with Crippen LogP contribution in [-0.4, -0.2) is 37.3 Å². The van der Waals surface area contributed by atoms with Gasteiger partial charge in [0.1, 0.15) is 5.82 Å². The second kappa shape index (κ2) is 9.66. The van der Waals surface area contributed by atoms with Gasteiger partial charge in [-0.25, -0.2) is 4.98 Å². The lowest BCUT2D eigenvalue weighted by Crippen LogP contribution is -2.18. The molecule has 2 heterocycles. The fourth-order valence-corrected chi connectivity index (χ4v) is 4.04. The highest BCUT2D eigenvalue weighted by atomic mass is 32.2. The molecule has 0 saturated heterocycles. The monoisotopic (exact) mass is 430 g/mol.